The molecule has 1 aromatic carbocycles. The van der Waals surface area contributed by atoms with Crippen molar-refractivity contribution in [3.8, 4) is 0 Å². The fourth-order valence-corrected chi connectivity index (χ4v) is 3.02. The fourth-order valence-electron chi connectivity index (χ4n) is 2.53. The molecular weight excluding hydrogens is 396 g/mol. The molecule has 0 unspecified atom stereocenters. The van der Waals surface area contributed by atoms with Crippen molar-refractivity contribution in [1.82, 2.24) is 10.6 Å². The molecule has 3 amide bonds. The number of hydrogen-bond acceptors (Lipinski definition) is 6. The maximum Gasteiger partial charge on any atom is 0.326 e. The molecule has 160 valence electrons. The molecule has 10 heteroatoms. The molecule has 3 atom stereocenters. The maximum atomic E-state index is 12.6. The Morgan fingerprint density at radius 1 is 1.03 bits per heavy atom. The van der Waals surface area contributed by atoms with Gasteiger partial charge in [-0.25, -0.2) is 4.79 Å². The zero-order chi connectivity index (χ0) is 21.8. The molecule has 0 fully saturated rings. The minimum Gasteiger partial charge on any atom is -0.480 e. The van der Waals surface area contributed by atoms with E-state index in [-0.39, 0.29) is 19.3 Å². The summed E-state index contributed by atoms with van der Waals surface area (Å²) in [6.07, 6.45) is 2.18. The van der Waals surface area contributed by atoms with Crippen LogP contribution in [0.2, 0.25) is 0 Å². The first kappa shape index (κ1) is 24.4. The van der Waals surface area contributed by atoms with Crippen LogP contribution in [0.25, 0.3) is 0 Å². The van der Waals surface area contributed by atoms with Crippen LogP contribution in [-0.4, -0.2) is 58.9 Å². The highest BCUT2D eigenvalue weighted by Crippen LogP contribution is 2.06. The molecule has 0 heterocycles. The zero-order valence-electron chi connectivity index (χ0n) is 16.3. The van der Waals surface area contributed by atoms with Crippen molar-refractivity contribution in [2.75, 3.05) is 12.0 Å². The molecule has 0 aliphatic rings. The van der Waals surface area contributed by atoms with Gasteiger partial charge in [0.1, 0.15) is 12.1 Å². The Balaban J connectivity index is 2.83. The first-order valence-electron chi connectivity index (χ1n) is 9.14. The van der Waals surface area contributed by atoms with Crippen molar-refractivity contribution in [3.63, 3.8) is 0 Å². The van der Waals surface area contributed by atoms with Gasteiger partial charge in [0.15, 0.2) is 0 Å². The molecule has 0 aliphatic carbocycles. The van der Waals surface area contributed by atoms with Gasteiger partial charge in [0.25, 0.3) is 0 Å². The molecule has 0 saturated carbocycles. The summed E-state index contributed by atoms with van der Waals surface area (Å²) < 4.78 is 0. The van der Waals surface area contributed by atoms with E-state index < -0.39 is 41.8 Å². The molecule has 0 aliphatic heterocycles. The summed E-state index contributed by atoms with van der Waals surface area (Å²) in [5.74, 6) is -2.43. The van der Waals surface area contributed by atoms with Crippen LogP contribution < -0.4 is 22.1 Å². The summed E-state index contributed by atoms with van der Waals surface area (Å²) in [5, 5.41) is 14.4. The monoisotopic (exact) mass is 424 g/mol. The number of benzene rings is 1. The Bertz CT molecular complexity index is 701. The highest BCUT2D eigenvalue weighted by molar-refractivity contribution is 7.98. The number of thioether (sulfide) groups is 1. The number of nitrogens with two attached hydrogens (primary N) is 2. The standard InChI is InChI=1S/C19H28N4O5S/c1-29-10-9-13(20)17(25)22-14(7-8-16(21)24)18(26)23-15(19(27)28)11-12-5-3-2-4-6-12/h2-6,13-15H,7-11,20H2,1H3,(H2,21,24)(H,22,25)(H,23,26)(H,27,28)/t13-,14-,15-/m0/s1. The van der Waals surface area contributed by atoms with Crippen LogP contribution in [0.5, 0.6) is 0 Å². The third-order valence-corrected chi connectivity index (χ3v) is 4.82. The van der Waals surface area contributed by atoms with Crippen molar-refractivity contribution in [2.24, 2.45) is 11.5 Å². The minimum absolute atomic E-state index is 0.0557. The Kier molecular flexibility index (Phi) is 10.8. The molecule has 0 radical (unpaired) electrons. The lowest BCUT2D eigenvalue weighted by Gasteiger charge is -2.22. The summed E-state index contributed by atoms with van der Waals surface area (Å²) in [7, 11) is 0. The van der Waals surface area contributed by atoms with Gasteiger partial charge in [-0.15, -0.1) is 0 Å². The smallest absolute Gasteiger partial charge is 0.326 e. The van der Waals surface area contributed by atoms with Crippen LogP contribution in [0, 0.1) is 0 Å². The largest absolute Gasteiger partial charge is 0.480 e. The quantitative estimate of drug-likeness (QED) is 0.288. The number of carbonyl (C=O) groups is 4. The highest BCUT2D eigenvalue weighted by Gasteiger charge is 2.28. The Morgan fingerprint density at radius 2 is 1.66 bits per heavy atom. The van der Waals surface area contributed by atoms with E-state index >= 15 is 0 Å². The Hall–Kier alpha value is -2.59. The highest BCUT2D eigenvalue weighted by atomic mass is 32.2. The number of carbonyl (C=O) groups excluding carboxylic acids is 3. The molecular formula is C19H28N4O5S. The van der Waals surface area contributed by atoms with E-state index in [9.17, 15) is 24.3 Å². The van der Waals surface area contributed by atoms with Gasteiger partial charge in [-0.05, 0) is 30.4 Å². The predicted octanol–water partition coefficient (Wildman–Crippen LogP) is -0.371. The number of aliphatic carboxylic acids is 1. The Morgan fingerprint density at radius 3 is 2.21 bits per heavy atom. The molecule has 9 nitrogen and oxygen atoms in total. The van der Waals surface area contributed by atoms with E-state index in [4.69, 9.17) is 11.5 Å². The van der Waals surface area contributed by atoms with Gasteiger partial charge >= 0.3 is 5.97 Å². The number of amides is 3. The van der Waals surface area contributed by atoms with Crippen LogP contribution in [0.1, 0.15) is 24.8 Å². The fraction of sp³-hybridized carbons (Fsp3) is 0.474. The van der Waals surface area contributed by atoms with E-state index in [1.807, 2.05) is 6.26 Å². The van der Waals surface area contributed by atoms with E-state index in [1.165, 1.54) is 11.8 Å². The average Bonchev–Trinajstić information content (AvgIpc) is 2.68. The third-order valence-electron chi connectivity index (χ3n) is 4.18. The summed E-state index contributed by atoms with van der Waals surface area (Å²) in [4.78, 5) is 47.6. The third kappa shape index (κ3) is 9.44. The van der Waals surface area contributed by atoms with Crippen LogP contribution in [0.4, 0.5) is 0 Å². The topological polar surface area (TPSA) is 165 Å². The molecule has 29 heavy (non-hydrogen) atoms. The molecule has 1 aromatic rings. The lowest BCUT2D eigenvalue weighted by atomic mass is 10.0. The Labute approximate surface area is 174 Å². The average molecular weight is 425 g/mol. The van der Waals surface area contributed by atoms with Crippen molar-refractivity contribution in [3.05, 3.63) is 35.9 Å². The van der Waals surface area contributed by atoms with Gasteiger partial charge in [0, 0.05) is 12.8 Å². The number of carboxylic acid groups (broad SMARTS) is 1. The van der Waals surface area contributed by atoms with Gasteiger partial charge in [0.05, 0.1) is 6.04 Å². The van der Waals surface area contributed by atoms with Gasteiger partial charge < -0.3 is 27.2 Å². The number of rotatable bonds is 13. The molecule has 1 rings (SSSR count). The van der Waals surface area contributed by atoms with Gasteiger partial charge in [0.2, 0.25) is 17.7 Å². The first-order chi connectivity index (χ1) is 13.7. The first-order valence-corrected chi connectivity index (χ1v) is 10.5. The SMILES string of the molecule is CSCC[C@H](N)C(=O)N[C@@H](CCC(N)=O)C(=O)N[C@@H](Cc1ccccc1)C(=O)O. The number of hydrogen-bond donors (Lipinski definition) is 5. The second-order valence-electron chi connectivity index (χ2n) is 6.54. The summed E-state index contributed by atoms with van der Waals surface area (Å²) >= 11 is 1.53. The molecule has 0 bridgehead atoms. The maximum absolute atomic E-state index is 12.6. The van der Waals surface area contributed by atoms with E-state index in [0.717, 1.165) is 5.56 Å². The van der Waals surface area contributed by atoms with Crippen molar-refractivity contribution in [1.29, 1.82) is 0 Å². The lowest BCUT2D eigenvalue weighted by molar-refractivity contribution is -0.142. The van der Waals surface area contributed by atoms with E-state index in [2.05, 4.69) is 10.6 Å². The second kappa shape index (κ2) is 12.8. The van der Waals surface area contributed by atoms with Gasteiger partial charge in [-0.1, -0.05) is 30.3 Å². The van der Waals surface area contributed by atoms with Crippen molar-refractivity contribution in [2.45, 2.75) is 43.8 Å². The predicted molar refractivity (Wildman–Crippen MR) is 111 cm³/mol. The normalized spacial score (nSPS) is 13.7. The molecule has 7 N–H and O–H groups in total. The molecule has 0 saturated heterocycles. The van der Waals surface area contributed by atoms with E-state index in [0.29, 0.717) is 12.2 Å². The summed E-state index contributed by atoms with van der Waals surface area (Å²) in [6.45, 7) is 0. The molecule has 0 aromatic heterocycles. The summed E-state index contributed by atoms with van der Waals surface area (Å²) in [6, 6.07) is 5.71. The lowest BCUT2D eigenvalue weighted by Crippen LogP contribution is -2.55. The van der Waals surface area contributed by atoms with Gasteiger partial charge in [-0.2, -0.15) is 11.8 Å². The van der Waals surface area contributed by atoms with Crippen LogP contribution in [0.15, 0.2) is 30.3 Å². The van der Waals surface area contributed by atoms with Crippen LogP contribution in [0.3, 0.4) is 0 Å². The van der Waals surface area contributed by atoms with Crippen LogP contribution in [-0.2, 0) is 25.6 Å². The number of carboxylic acids is 1. The van der Waals surface area contributed by atoms with Crippen molar-refractivity contribution >= 4 is 35.5 Å². The zero-order valence-corrected chi connectivity index (χ0v) is 17.1. The van der Waals surface area contributed by atoms with E-state index in [1.54, 1.807) is 30.3 Å². The molecule has 0 spiro atoms. The van der Waals surface area contributed by atoms with Crippen LogP contribution >= 0.6 is 11.8 Å². The van der Waals surface area contributed by atoms with Gasteiger partial charge in [-0.3, -0.25) is 14.4 Å². The van der Waals surface area contributed by atoms with Crippen molar-refractivity contribution < 1.29 is 24.3 Å². The second-order valence-corrected chi connectivity index (χ2v) is 7.53. The number of primary amides is 1. The minimum atomic E-state index is -1.21. The summed E-state index contributed by atoms with van der Waals surface area (Å²) in [5.41, 5.74) is 11.7. The number of nitrogens with one attached hydrogen (secondary N) is 2.